The fraction of sp³-hybridized carbons (Fsp3) is 0.913. The Kier molecular flexibility index (Phi) is 6.70. The van der Waals surface area contributed by atoms with Gasteiger partial charge in [-0.2, -0.15) is 0 Å². The standard InChI is InChI=1S/C23H41N/c1-18(2)24-22-14-9-7-5-4-6-8-12-20(16-22)21-13-10-11-19(3)15-23(24)17-21/h19-23H,1,4-17H2,2-3H3. The zero-order valence-electron chi connectivity index (χ0n) is 16.4. The van der Waals surface area contributed by atoms with Crippen LogP contribution in [-0.4, -0.2) is 17.0 Å². The lowest BCUT2D eigenvalue weighted by Crippen LogP contribution is -2.42. The molecule has 3 rings (SSSR count). The molecule has 1 heteroatoms. The summed E-state index contributed by atoms with van der Waals surface area (Å²) in [5.41, 5.74) is 1.35. The molecule has 4 bridgehead atoms. The van der Waals surface area contributed by atoms with Crippen LogP contribution in [0.2, 0.25) is 0 Å². The fourth-order valence-corrected chi connectivity index (χ4v) is 6.21. The molecular weight excluding hydrogens is 290 g/mol. The lowest BCUT2D eigenvalue weighted by atomic mass is 9.76. The van der Waals surface area contributed by atoms with Crippen molar-refractivity contribution in [3.05, 3.63) is 12.3 Å². The van der Waals surface area contributed by atoms with Gasteiger partial charge in [0, 0.05) is 17.8 Å². The largest absolute Gasteiger partial charge is 0.370 e. The maximum Gasteiger partial charge on any atom is 0.0295 e. The molecule has 3 aliphatic rings. The third-order valence-electron chi connectivity index (χ3n) is 7.35. The highest BCUT2D eigenvalue weighted by Crippen LogP contribution is 2.43. The Balaban J connectivity index is 1.86. The van der Waals surface area contributed by atoms with Crippen molar-refractivity contribution in [1.29, 1.82) is 0 Å². The van der Waals surface area contributed by atoms with E-state index in [0.717, 1.165) is 29.8 Å². The Labute approximate surface area is 151 Å². The van der Waals surface area contributed by atoms with Crippen LogP contribution in [0.3, 0.4) is 0 Å². The van der Waals surface area contributed by atoms with Crippen molar-refractivity contribution in [2.24, 2.45) is 17.8 Å². The molecule has 0 aromatic heterocycles. The maximum absolute atomic E-state index is 4.43. The van der Waals surface area contributed by atoms with Gasteiger partial charge in [0.1, 0.15) is 0 Å². The smallest absolute Gasteiger partial charge is 0.0295 e. The SMILES string of the molecule is C=C(C)N1C2CCCCCCCCC(C2)C2CCCC(C)CC1C2. The van der Waals surface area contributed by atoms with Crippen LogP contribution in [0, 0.1) is 17.8 Å². The zero-order chi connectivity index (χ0) is 16.9. The van der Waals surface area contributed by atoms with Gasteiger partial charge in [-0.1, -0.05) is 77.7 Å². The van der Waals surface area contributed by atoms with Crippen LogP contribution in [0.1, 0.15) is 104 Å². The molecule has 5 unspecified atom stereocenters. The van der Waals surface area contributed by atoms with Crippen LogP contribution >= 0.6 is 0 Å². The van der Waals surface area contributed by atoms with Crippen molar-refractivity contribution in [1.82, 2.24) is 4.90 Å². The number of likely N-dealkylation sites (tertiary alicyclic amines) is 1. The molecule has 1 heterocycles. The van der Waals surface area contributed by atoms with Crippen LogP contribution in [0.4, 0.5) is 0 Å². The molecule has 0 aromatic rings. The van der Waals surface area contributed by atoms with Gasteiger partial charge >= 0.3 is 0 Å². The van der Waals surface area contributed by atoms with Crippen molar-refractivity contribution < 1.29 is 0 Å². The normalized spacial score (nSPS) is 39.1. The molecule has 0 N–H and O–H groups in total. The number of hydrogen-bond donors (Lipinski definition) is 0. The molecule has 1 nitrogen and oxygen atoms in total. The third kappa shape index (κ3) is 4.58. The van der Waals surface area contributed by atoms with Gasteiger partial charge in [0.25, 0.3) is 0 Å². The molecule has 3 fully saturated rings. The molecule has 2 aliphatic carbocycles. The minimum Gasteiger partial charge on any atom is -0.370 e. The van der Waals surface area contributed by atoms with E-state index < -0.39 is 0 Å². The number of rotatable bonds is 1. The van der Waals surface area contributed by atoms with Gasteiger partial charge in [0.05, 0.1) is 0 Å². The molecule has 24 heavy (non-hydrogen) atoms. The molecular formula is C23H41N. The number of nitrogens with zero attached hydrogens (tertiary/aromatic N) is 1. The molecule has 5 atom stereocenters. The highest BCUT2D eigenvalue weighted by Gasteiger charge is 2.38. The first-order valence-corrected chi connectivity index (χ1v) is 11.1. The second-order valence-electron chi connectivity index (χ2n) is 9.41. The van der Waals surface area contributed by atoms with Gasteiger partial charge < -0.3 is 4.90 Å². The Morgan fingerprint density at radius 1 is 0.708 bits per heavy atom. The summed E-state index contributed by atoms with van der Waals surface area (Å²) in [5.74, 6) is 2.89. The second kappa shape index (κ2) is 8.77. The first-order chi connectivity index (χ1) is 11.6. The molecule has 0 radical (unpaired) electrons. The van der Waals surface area contributed by atoms with Crippen molar-refractivity contribution in [3.8, 4) is 0 Å². The Hall–Kier alpha value is -0.460. The lowest BCUT2D eigenvalue weighted by Gasteiger charge is -2.41. The maximum atomic E-state index is 4.43. The van der Waals surface area contributed by atoms with Crippen molar-refractivity contribution in [2.45, 2.75) is 116 Å². The highest BCUT2D eigenvalue weighted by atomic mass is 15.2. The average molecular weight is 332 g/mol. The quantitative estimate of drug-likeness (QED) is 0.503. The highest BCUT2D eigenvalue weighted by molar-refractivity contribution is 5.01. The van der Waals surface area contributed by atoms with Crippen LogP contribution < -0.4 is 0 Å². The minimum atomic E-state index is 0.778. The van der Waals surface area contributed by atoms with E-state index in [9.17, 15) is 0 Å². The Morgan fingerprint density at radius 3 is 2.00 bits per heavy atom. The number of allylic oxidation sites excluding steroid dienone is 1. The summed E-state index contributed by atoms with van der Waals surface area (Å²) in [6, 6.07) is 1.56. The van der Waals surface area contributed by atoms with E-state index >= 15 is 0 Å². The van der Waals surface area contributed by atoms with Gasteiger partial charge in [0.15, 0.2) is 0 Å². The minimum absolute atomic E-state index is 0.778. The topological polar surface area (TPSA) is 3.24 Å². The predicted octanol–water partition coefficient (Wildman–Crippen LogP) is 6.93. The molecule has 1 aliphatic heterocycles. The number of hydrogen-bond acceptors (Lipinski definition) is 1. The van der Waals surface area contributed by atoms with Gasteiger partial charge in [-0.15, -0.1) is 0 Å². The van der Waals surface area contributed by atoms with Gasteiger partial charge in [-0.25, -0.2) is 0 Å². The van der Waals surface area contributed by atoms with Gasteiger partial charge in [0.2, 0.25) is 0 Å². The van der Waals surface area contributed by atoms with Crippen LogP contribution in [-0.2, 0) is 0 Å². The number of fused-ring (bicyclic) bond motifs is 5. The Bertz CT molecular complexity index is 401. The summed E-state index contributed by atoms with van der Waals surface area (Å²) < 4.78 is 0. The van der Waals surface area contributed by atoms with Crippen LogP contribution in [0.15, 0.2) is 12.3 Å². The molecule has 2 saturated carbocycles. The van der Waals surface area contributed by atoms with Crippen molar-refractivity contribution in [2.75, 3.05) is 0 Å². The van der Waals surface area contributed by atoms with Crippen molar-refractivity contribution >= 4 is 0 Å². The molecule has 0 aromatic carbocycles. The Morgan fingerprint density at radius 2 is 1.29 bits per heavy atom. The van der Waals surface area contributed by atoms with E-state index in [1.54, 1.807) is 0 Å². The molecule has 0 amide bonds. The second-order valence-corrected chi connectivity index (χ2v) is 9.41. The first kappa shape index (κ1) is 18.3. The summed E-state index contributed by atoms with van der Waals surface area (Å²) >= 11 is 0. The van der Waals surface area contributed by atoms with E-state index in [1.165, 1.54) is 95.6 Å². The first-order valence-electron chi connectivity index (χ1n) is 11.1. The predicted molar refractivity (Wildman–Crippen MR) is 105 cm³/mol. The summed E-state index contributed by atoms with van der Waals surface area (Å²) in [6.45, 7) is 9.21. The summed E-state index contributed by atoms with van der Waals surface area (Å²) in [4.78, 5) is 2.83. The molecule has 1 saturated heterocycles. The zero-order valence-corrected chi connectivity index (χ0v) is 16.4. The van der Waals surface area contributed by atoms with E-state index in [1.807, 2.05) is 0 Å². The van der Waals surface area contributed by atoms with Crippen LogP contribution in [0.5, 0.6) is 0 Å². The van der Waals surface area contributed by atoms with E-state index in [-0.39, 0.29) is 0 Å². The van der Waals surface area contributed by atoms with Gasteiger partial charge in [-0.3, -0.25) is 0 Å². The fourth-order valence-electron chi connectivity index (χ4n) is 6.21. The average Bonchev–Trinajstić information content (AvgIpc) is 2.69. The van der Waals surface area contributed by atoms with Crippen molar-refractivity contribution in [3.63, 3.8) is 0 Å². The molecule has 0 spiro atoms. The monoisotopic (exact) mass is 331 g/mol. The van der Waals surface area contributed by atoms with Crippen LogP contribution in [0.25, 0.3) is 0 Å². The summed E-state index contributed by atoms with van der Waals surface area (Å²) in [5, 5.41) is 0. The third-order valence-corrected chi connectivity index (χ3v) is 7.35. The van der Waals surface area contributed by atoms with E-state index in [0.29, 0.717) is 0 Å². The molecule has 138 valence electrons. The van der Waals surface area contributed by atoms with E-state index in [4.69, 9.17) is 0 Å². The van der Waals surface area contributed by atoms with Gasteiger partial charge in [-0.05, 0) is 50.4 Å². The summed E-state index contributed by atoms with van der Waals surface area (Å²) in [7, 11) is 0. The van der Waals surface area contributed by atoms with E-state index in [2.05, 4.69) is 25.3 Å². The summed E-state index contributed by atoms with van der Waals surface area (Å²) in [6.07, 6.45) is 20.5. The lowest BCUT2D eigenvalue weighted by molar-refractivity contribution is 0.140.